The van der Waals surface area contributed by atoms with Crippen LogP contribution in [0.25, 0.3) is 27.7 Å². The van der Waals surface area contributed by atoms with Crippen LogP contribution in [0, 0.1) is 17.2 Å². The van der Waals surface area contributed by atoms with Crippen LogP contribution in [0.2, 0.25) is 0 Å². The zero-order chi connectivity index (χ0) is 30.0. The summed E-state index contributed by atoms with van der Waals surface area (Å²) in [6.07, 6.45) is 4.61. The number of carbonyl (C=O) groups excluding carboxylic acids is 2. The number of rotatable bonds is 8. The first kappa shape index (κ1) is 28.6. The van der Waals surface area contributed by atoms with Crippen LogP contribution in [-0.2, 0) is 14.3 Å². The summed E-state index contributed by atoms with van der Waals surface area (Å²) in [5.74, 6) is -1.03. The number of aromatic amines is 1. The molecule has 0 saturated carbocycles. The molecule has 0 aliphatic carbocycles. The maximum atomic E-state index is 13.7. The number of carbonyl (C=O) groups is 2. The number of nitrogens with one attached hydrogen (secondary N) is 2. The molecule has 9 nitrogen and oxygen atoms in total. The van der Waals surface area contributed by atoms with E-state index < -0.39 is 11.4 Å². The molecule has 0 radical (unpaired) electrons. The molecule has 4 aromatic rings. The van der Waals surface area contributed by atoms with Crippen molar-refractivity contribution in [3.8, 4) is 11.3 Å². The van der Waals surface area contributed by atoms with E-state index in [1.165, 1.54) is 24.4 Å². The van der Waals surface area contributed by atoms with Gasteiger partial charge in [-0.2, -0.15) is 9.49 Å². The van der Waals surface area contributed by atoms with E-state index in [0.29, 0.717) is 56.0 Å². The average Bonchev–Trinajstić information content (AvgIpc) is 3.62. The van der Waals surface area contributed by atoms with Crippen molar-refractivity contribution in [3.63, 3.8) is 0 Å². The Labute approximate surface area is 247 Å². The van der Waals surface area contributed by atoms with E-state index in [1.54, 1.807) is 30.2 Å². The van der Waals surface area contributed by atoms with Gasteiger partial charge in [0.05, 0.1) is 24.1 Å². The second-order valence-corrected chi connectivity index (χ2v) is 11.2. The molecule has 43 heavy (non-hydrogen) atoms. The fourth-order valence-corrected chi connectivity index (χ4v) is 5.97. The molecular formula is C32H32F2N6O3. The highest BCUT2D eigenvalue weighted by molar-refractivity contribution is 6.00. The van der Waals surface area contributed by atoms with Crippen LogP contribution in [0.1, 0.15) is 18.4 Å². The van der Waals surface area contributed by atoms with E-state index in [-0.39, 0.29) is 30.8 Å². The second kappa shape index (κ2) is 12.0. The number of likely N-dealkylation sites (tertiary alicyclic amines) is 1. The van der Waals surface area contributed by atoms with Gasteiger partial charge in [-0.25, -0.2) is 9.37 Å². The summed E-state index contributed by atoms with van der Waals surface area (Å²) in [6.45, 7) is 2.42. The summed E-state index contributed by atoms with van der Waals surface area (Å²) >= 11 is 0. The molecule has 1 saturated heterocycles. The summed E-state index contributed by atoms with van der Waals surface area (Å²) < 4.78 is 32.5. The van der Waals surface area contributed by atoms with Crippen molar-refractivity contribution in [3.05, 3.63) is 84.2 Å². The third kappa shape index (κ3) is 6.04. The van der Waals surface area contributed by atoms with Crippen LogP contribution in [0.5, 0.6) is 0 Å². The van der Waals surface area contributed by atoms with Gasteiger partial charge >= 0.3 is 0 Å². The summed E-state index contributed by atoms with van der Waals surface area (Å²) in [5, 5.41) is 11.1. The fraction of sp³-hybridized carbons (Fsp3) is 0.312. The Bertz CT molecular complexity index is 1690. The molecule has 0 bridgehead atoms. The summed E-state index contributed by atoms with van der Waals surface area (Å²) in [7, 11) is 1.57. The van der Waals surface area contributed by atoms with Crippen molar-refractivity contribution in [1.82, 2.24) is 25.0 Å². The van der Waals surface area contributed by atoms with Gasteiger partial charge in [-0.15, -0.1) is 0 Å². The van der Waals surface area contributed by atoms with Crippen LogP contribution in [0.15, 0.2) is 66.9 Å². The molecule has 2 amide bonds. The average molecular weight is 587 g/mol. The van der Waals surface area contributed by atoms with Crippen molar-refractivity contribution >= 4 is 34.0 Å². The van der Waals surface area contributed by atoms with Crippen molar-refractivity contribution in [2.45, 2.75) is 12.8 Å². The fourth-order valence-electron chi connectivity index (χ4n) is 5.97. The van der Waals surface area contributed by atoms with Crippen LogP contribution >= 0.6 is 0 Å². The van der Waals surface area contributed by atoms with Crippen LogP contribution in [-0.4, -0.2) is 83.2 Å². The number of nitrogens with zero attached hydrogens (tertiary/aromatic N) is 4. The Hall–Kier alpha value is -4.48. The maximum absolute atomic E-state index is 13.7. The monoisotopic (exact) mass is 586 g/mol. The number of halogens is 2. The van der Waals surface area contributed by atoms with Gasteiger partial charge in [-0.05, 0) is 73.0 Å². The zero-order valence-corrected chi connectivity index (χ0v) is 23.8. The minimum absolute atomic E-state index is 0.00334. The van der Waals surface area contributed by atoms with E-state index in [0.717, 1.165) is 22.0 Å². The Morgan fingerprint density at radius 2 is 1.98 bits per heavy atom. The first-order chi connectivity index (χ1) is 20.8. The number of pyridine rings is 1. The van der Waals surface area contributed by atoms with Crippen LogP contribution in [0.3, 0.4) is 0 Å². The Balaban J connectivity index is 1.11. The van der Waals surface area contributed by atoms with Crippen molar-refractivity contribution in [2.24, 2.45) is 5.41 Å². The van der Waals surface area contributed by atoms with E-state index in [9.17, 15) is 18.4 Å². The highest BCUT2D eigenvalue weighted by Gasteiger charge is 2.45. The molecule has 11 heteroatoms. The molecule has 2 aromatic carbocycles. The number of fused-ring (bicyclic) bond motifs is 1. The van der Waals surface area contributed by atoms with Crippen LogP contribution in [0.4, 0.5) is 14.5 Å². The van der Waals surface area contributed by atoms with Gasteiger partial charge in [-0.3, -0.25) is 19.6 Å². The molecule has 1 atom stereocenters. The quantitative estimate of drug-likeness (QED) is 0.295. The summed E-state index contributed by atoms with van der Waals surface area (Å²) in [4.78, 5) is 34.4. The van der Waals surface area contributed by atoms with E-state index in [1.807, 2.05) is 29.2 Å². The largest absolute Gasteiger partial charge is 0.384 e. The molecule has 2 aliphatic rings. The SMILES string of the molecule is COC[C@@]1(C(=O)Nc2ccc3[nH]nc(-c4ccc(F)nc4)c3c2)CCN(CC(=O)N2CC=C(c3cccc(F)c3)CC2)C1. The number of H-pyrrole nitrogens is 1. The number of aromatic nitrogens is 3. The van der Waals surface area contributed by atoms with Gasteiger partial charge in [0.25, 0.3) is 0 Å². The number of hydrogen-bond donors (Lipinski definition) is 2. The lowest BCUT2D eigenvalue weighted by Gasteiger charge is -2.30. The highest BCUT2D eigenvalue weighted by atomic mass is 19.1. The molecule has 2 aliphatic heterocycles. The van der Waals surface area contributed by atoms with Gasteiger partial charge in [0, 0.05) is 49.6 Å². The molecule has 222 valence electrons. The number of anilines is 1. The topological polar surface area (TPSA) is 103 Å². The molecular weight excluding hydrogens is 554 g/mol. The van der Waals surface area contributed by atoms with Crippen molar-refractivity contribution in [2.75, 3.05) is 51.8 Å². The lowest BCUT2D eigenvalue weighted by molar-refractivity contribution is -0.133. The third-order valence-electron chi connectivity index (χ3n) is 8.27. The molecule has 1 fully saturated rings. The number of benzene rings is 2. The second-order valence-electron chi connectivity index (χ2n) is 11.2. The summed E-state index contributed by atoms with van der Waals surface area (Å²) in [6, 6.07) is 14.8. The lowest BCUT2D eigenvalue weighted by Crippen LogP contribution is -2.45. The Morgan fingerprint density at radius 1 is 1.09 bits per heavy atom. The molecule has 2 aromatic heterocycles. The minimum Gasteiger partial charge on any atom is -0.384 e. The molecule has 6 rings (SSSR count). The smallest absolute Gasteiger partial charge is 0.237 e. The number of amides is 2. The first-order valence-electron chi connectivity index (χ1n) is 14.2. The molecule has 0 spiro atoms. The maximum Gasteiger partial charge on any atom is 0.237 e. The lowest BCUT2D eigenvalue weighted by atomic mass is 9.87. The van der Waals surface area contributed by atoms with E-state index >= 15 is 0 Å². The molecule has 2 N–H and O–H groups in total. The van der Waals surface area contributed by atoms with Gasteiger partial charge in [0.1, 0.15) is 11.5 Å². The first-order valence-corrected chi connectivity index (χ1v) is 14.2. The summed E-state index contributed by atoms with van der Waals surface area (Å²) in [5.41, 5.74) is 3.67. The standard InChI is InChI=1S/C32H32F2N6O3/c1-43-20-32(31(42)36-25-6-7-27-26(16-25)30(38-37-27)23-5-8-28(34)35-17-23)11-14-39(19-32)18-29(41)40-12-9-21(10-13-40)22-3-2-4-24(33)15-22/h2-9,15-17H,10-14,18-20H2,1H3,(H,36,42)(H,37,38)/t32-/m1/s1. The Kier molecular flexibility index (Phi) is 8.00. The van der Waals surface area contributed by atoms with E-state index in [2.05, 4.69) is 20.5 Å². The van der Waals surface area contributed by atoms with Gasteiger partial charge in [-0.1, -0.05) is 18.2 Å². The van der Waals surface area contributed by atoms with E-state index in [4.69, 9.17) is 4.74 Å². The van der Waals surface area contributed by atoms with Gasteiger partial charge in [0.15, 0.2) is 0 Å². The number of methoxy groups -OCH3 is 1. The third-order valence-corrected chi connectivity index (χ3v) is 8.27. The predicted molar refractivity (Wildman–Crippen MR) is 159 cm³/mol. The van der Waals surface area contributed by atoms with Gasteiger partial charge in [0.2, 0.25) is 17.8 Å². The Morgan fingerprint density at radius 3 is 2.72 bits per heavy atom. The van der Waals surface area contributed by atoms with Crippen molar-refractivity contribution < 1.29 is 23.1 Å². The molecule has 0 unspecified atom stereocenters. The number of ether oxygens (including phenoxy) is 1. The van der Waals surface area contributed by atoms with Gasteiger partial charge < -0.3 is 15.0 Å². The highest BCUT2D eigenvalue weighted by Crippen LogP contribution is 2.34. The minimum atomic E-state index is -0.823. The zero-order valence-electron chi connectivity index (χ0n) is 23.8. The van der Waals surface area contributed by atoms with Crippen LogP contribution < -0.4 is 5.32 Å². The normalized spacial score (nSPS) is 19.0. The molecule has 4 heterocycles. The predicted octanol–water partition coefficient (Wildman–Crippen LogP) is 4.50. The van der Waals surface area contributed by atoms with Crippen molar-refractivity contribution in [1.29, 1.82) is 0 Å². The number of hydrogen-bond acceptors (Lipinski definition) is 6.